The molecule has 3 rings (SSSR count). The maximum absolute atomic E-state index is 12.7. The zero-order chi connectivity index (χ0) is 21.8. The van der Waals surface area contributed by atoms with E-state index >= 15 is 0 Å². The number of aromatic nitrogens is 2. The van der Waals surface area contributed by atoms with Crippen LogP contribution in [0.5, 0.6) is 5.75 Å². The molecule has 1 aliphatic rings. The van der Waals surface area contributed by atoms with Crippen LogP contribution in [-0.4, -0.2) is 41.7 Å². The Morgan fingerprint density at radius 1 is 1.23 bits per heavy atom. The van der Waals surface area contributed by atoms with Crippen LogP contribution in [0.1, 0.15) is 37.6 Å². The highest BCUT2D eigenvalue weighted by Crippen LogP contribution is 2.39. The summed E-state index contributed by atoms with van der Waals surface area (Å²) in [6, 6.07) is 8.71. The molecule has 0 saturated carbocycles. The van der Waals surface area contributed by atoms with Crippen molar-refractivity contribution in [2.45, 2.75) is 38.1 Å². The fraction of sp³-hybridized carbons (Fsp3) is 0.450. The van der Waals surface area contributed by atoms with Crippen LogP contribution in [0.2, 0.25) is 0 Å². The van der Waals surface area contributed by atoms with Crippen LogP contribution in [0.15, 0.2) is 41.5 Å². The molecular weight excluding hydrogens is 524 g/mol. The number of ether oxygens (including phenoxy) is 1. The molecule has 0 saturated heterocycles. The van der Waals surface area contributed by atoms with E-state index in [1.165, 1.54) is 0 Å². The molecular formula is C20H26F3IN6O. The zero-order valence-electron chi connectivity index (χ0n) is 17.5. The lowest BCUT2D eigenvalue weighted by Crippen LogP contribution is -2.46. The molecule has 0 spiro atoms. The molecule has 31 heavy (non-hydrogen) atoms. The summed E-state index contributed by atoms with van der Waals surface area (Å²) in [5, 5.41) is 9.33. The fourth-order valence-corrected chi connectivity index (χ4v) is 3.25. The first-order chi connectivity index (χ1) is 14.2. The largest absolute Gasteiger partial charge is 0.487 e. The summed E-state index contributed by atoms with van der Waals surface area (Å²) in [6.07, 6.45) is -2.67. The van der Waals surface area contributed by atoms with Crippen LogP contribution in [0, 0.1) is 0 Å². The number of nitrogens with one attached hydrogen (secondary N) is 3. The van der Waals surface area contributed by atoms with Crippen molar-refractivity contribution < 1.29 is 17.9 Å². The van der Waals surface area contributed by atoms with E-state index in [2.05, 4.69) is 30.9 Å². The standard InChI is InChI=1S/C20H25F3N6O.HI/c1-19(2)12-14(13-6-4-5-7-15(13)30-19)28-17(24-3)26-10-11-27-18-25-9-8-16(29-18)20(21,22)23;/h4-9,14H,10-12H2,1-3H3,(H2,24,26,28)(H,25,27,29);1H. The molecule has 1 atom stereocenters. The van der Waals surface area contributed by atoms with Crippen molar-refractivity contribution in [1.29, 1.82) is 0 Å². The van der Waals surface area contributed by atoms with Crippen LogP contribution < -0.4 is 20.7 Å². The van der Waals surface area contributed by atoms with Crippen molar-refractivity contribution in [3.8, 4) is 5.75 Å². The lowest BCUT2D eigenvalue weighted by Gasteiger charge is -2.38. The van der Waals surface area contributed by atoms with Gasteiger partial charge in [0.15, 0.2) is 5.96 Å². The normalized spacial score (nSPS) is 17.6. The maximum Gasteiger partial charge on any atom is 0.433 e. The van der Waals surface area contributed by atoms with Crippen LogP contribution in [-0.2, 0) is 6.18 Å². The number of fused-ring (bicyclic) bond motifs is 1. The first-order valence-corrected chi connectivity index (χ1v) is 9.57. The van der Waals surface area contributed by atoms with Gasteiger partial charge in [0.05, 0.1) is 6.04 Å². The predicted molar refractivity (Wildman–Crippen MR) is 124 cm³/mol. The van der Waals surface area contributed by atoms with Gasteiger partial charge in [0.2, 0.25) is 5.95 Å². The number of halogens is 4. The van der Waals surface area contributed by atoms with E-state index in [1.807, 2.05) is 38.1 Å². The number of para-hydroxylation sites is 1. The minimum atomic E-state index is -4.50. The molecule has 0 amide bonds. The average molecular weight is 550 g/mol. The Kier molecular flexibility index (Phi) is 8.32. The number of hydrogen-bond donors (Lipinski definition) is 3. The van der Waals surface area contributed by atoms with Crippen LogP contribution in [0.25, 0.3) is 0 Å². The summed E-state index contributed by atoms with van der Waals surface area (Å²) in [4.78, 5) is 11.5. The van der Waals surface area contributed by atoms with E-state index in [4.69, 9.17) is 4.74 Å². The second-order valence-corrected chi connectivity index (χ2v) is 7.49. The number of alkyl halides is 3. The number of anilines is 1. The van der Waals surface area contributed by atoms with Crippen molar-refractivity contribution in [2.75, 3.05) is 25.5 Å². The van der Waals surface area contributed by atoms with Crippen molar-refractivity contribution in [2.24, 2.45) is 4.99 Å². The van der Waals surface area contributed by atoms with E-state index in [9.17, 15) is 13.2 Å². The van der Waals surface area contributed by atoms with Crippen molar-refractivity contribution >= 4 is 35.9 Å². The second kappa shape index (κ2) is 10.3. The SMILES string of the molecule is CN=C(NCCNc1nccc(C(F)(F)F)n1)NC1CC(C)(C)Oc2ccccc21.I. The Balaban J connectivity index is 0.00000341. The first-order valence-electron chi connectivity index (χ1n) is 9.57. The van der Waals surface area contributed by atoms with Gasteiger partial charge in [-0.1, -0.05) is 18.2 Å². The minimum absolute atomic E-state index is 0. The van der Waals surface area contributed by atoms with E-state index in [-0.39, 0.29) is 41.6 Å². The minimum Gasteiger partial charge on any atom is -0.487 e. The Hall–Kier alpha value is -2.31. The Labute approximate surface area is 196 Å². The molecule has 1 aromatic carbocycles. The number of rotatable bonds is 5. The molecule has 1 aromatic heterocycles. The van der Waals surface area contributed by atoms with E-state index in [0.29, 0.717) is 19.0 Å². The Bertz CT molecular complexity index is 906. The number of hydrogen-bond acceptors (Lipinski definition) is 5. The highest BCUT2D eigenvalue weighted by atomic mass is 127. The summed E-state index contributed by atoms with van der Waals surface area (Å²) in [7, 11) is 1.66. The summed E-state index contributed by atoms with van der Waals surface area (Å²) in [5.41, 5.74) is -0.255. The van der Waals surface area contributed by atoms with E-state index in [1.54, 1.807) is 7.05 Å². The average Bonchev–Trinajstić information content (AvgIpc) is 2.69. The molecule has 3 N–H and O–H groups in total. The van der Waals surface area contributed by atoms with Gasteiger partial charge in [-0.2, -0.15) is 13.2 Å². The fourth-order valence-electron chi connectivity index (χ4n) is 3.25. The highest BCUT2D eigenvalue weighted by molar-refractivity contribution is 14.0. The van der Waals surface area contributed by atoms with Gasteiger partial charge in [0.1, 0.15) is 17.0 Å². The monoisotopic (exact) mass is 550 g/mol. The number of nitrogens with zero attached hydrogens (tertiary/aromatic N) is 3. The van der Waals surface area contributed by atoms with Crippen LogP contribution >= 0.6 is 24.0 Å². The highest BCUT2D eigenvalue weighted by Gasteiger charge is 2.34. The third kappa shape index (κ3) is 6.84. The third-order valence-corrected chi connectivity index (χ3v) is 4.56. The molecule has 0 bridgehead atoms. The van der Waals surface area contributed by atoms with Gasteiger partial charge in [-0.05, 0) is 26.0 Å². The summed E-state index contributed by atoms with van der Waals surface area (Å²) in [6.45, 7) is 4.80. The number of benzene rings is 1. The predicted octanol–water partition coefficient (Wildman–Crippen LogP) is 3.99. The molecule has 0 aliphatic carbocycles. The van der Waals surface area contributed by atoms with E-state index in [0.717, 1.165) is 30.0 Å². The molecule has 0 fully saturated rings. The van der Waals surface area contributed by atoms with Gasteiger partial charge in [0.25, 0.3) is 0 Å². The molecule has 0 radical (unpaired) electrons. The van der Waals surface area contributed by atoms with E-state index < -0.39 is 11.9 Å². The third-order valence-electron chi connectivity index (χ3n) is 4.56. The van der Waals surface area contributed by atoms with Gasteiger partial charge in [-0.25, -0.2) is 9.97 Å². The van der Waals surface area contributed by atoms with Crippen molar-refractivity contribution in [3.63, 3.8) is 0 Å². The molecule has 7 nitrogen and oxygen atoms in total. The Morgan fingerprint density at radius 2 is 1.97 bits per heavy atom. The van der Waals surface area contributed by atoms with Gasteiger partial charge in [-0.15, -0.1) is 24.0 Å². The Morgan fingerprint density at radius 3 is 2.68 bits per heavy atom. The number of guanidine groups is 1. The quantitative estimate of drug-likeness (QED) is 0.226. The zero-order valence-corrected chi connectivity index (χ0v) is 19.8. The smallest absolute Gasteiger partial charge is 0.433 e. The second-order valence-electron chi connectivity index (χ2n) is 7.49. The van der Waals surface area contributed by atoms with Gasteiger partial charge >= 0.3 is 6.18 Å². The molecule has 11 heteroatoms. The van der Waals surface area contributed by atoms with Crippen molar-refractivity contribution in [1.82, 2.24) is 20.6 Å². The molecule has 1 aliphatic heterocycles. The molecule has 1 unspecified atom stereocenters. The lowest BCUT2D eigenvalue weighted by molar-refractivity contribution is -0.141. The lowest BCUT2D eigenvalue weighted by atomic mass is 9.90. The van der Waals surface area contributed by atoms with Crippen LogP contribution in [0.3, 0.4) is 0 Å². The first kappa shape index (κ1) is 25.0. The van der Waals surface area contributed by atoms with Crippen molar-refractivity contribution in [3.05, 3.63) is 47.8 Å². The molecule has 2 aromatic rings. The maximum atomic E-state index is 12.7. The van der Waals surface area contributed by atoms with Crippen LogP contribution in [0.4, 0.5) is 19.1 Å². The topological polar surface area (TPSA) is 83.5 Å². The number of aliphatic imine (C=N–C) groups is 1. The summed E-state index contributed by atoms with van der Waals surface area (Å²) < 4.78 is 44.2. The van der Waals surface area contributed by atoms with Gasteiger partial charge in [-0.3, -0.25) is 4.99 Å². The van der Waals surface area contributed by atoms with Gasteiger partial charge in [0, 0.05) is 38.3 Å². The molecule has 170 valence electrons. The summed E-state index contributed by atoms with van der Waals surface area (Å²) >= 11 is 0. The molecule has 2 heterocycles. The summed E-state index contributed by atoms with van der Waals surface area (Å²) in [5.74, 6) is 1.35. The van der Waals surface area contributed by atoms with Gasteiger partial charge < -0.3 is 20.7 Å².